The van der Waals surface area contributed by atoms with E-state index in [0.717, 1.165) is 16.8 Å². The Kier molecular flexibility index (Phi) is 4.03. The number of anilines is 2. The number of halogens is 1. The van der Waals surface area contributed by atoms with Crippen molar-refractivity contribution in [2.24, 2.45) is 0 Å². The highest BCUT2D eigenvalue weighted by Crippen LogP contribution is 2.24. The molecule has 2 aromatic heterocycles. The molecule has 0 saturated heterocycles. The van der Waals surface area contributed by atoms with Gasteiger partial charge in [-0.3, -0.25) is 0 Å². The van der Waals surface area contributed by atoms with Gasteiger partial charge in [-0.15, -0.1) is 11.3 Å². The lowest BCUT2D eigenvalue weighted by molar-refractivity contribution is 0.397. The maximum atomic E-state index is 5.64. The number of hydrogen-bond acceptors (Lipinski definition) is 6. The van der Waals surface area contributed by atoms with Gasteiger partial charge >= 0.3 is 0 Å². The fourth-order valence-electron chi connectivity index (χ4n) is 1.48. The number of aromatic nitrogens is 2. The third-order valence-corrected chi connectivity index (χ3v) is 4.00. The largest absolute Gasteiger partial charge is 0.481 e. The van der Waals surface area contributed by atoms with Crippen molar-refractivity contribution in [2.75, 3.05) is 24.8 Å². The van der Waals surface area contributed by atoms with Crippen molar-refractivity contribution in [1.82, 2.24) is 9.97 Å². The quantitative estimate of drug-likeness (QED) is 0.934. The van der Waals surface area contributed by atoms with Gasteiger partial charge in [-0.05, 0) is 22.0 Å². The Hall–Kier alpha value is -1.34. The molecule has 0 spiro atoms. The van der Waals surface area contributed by atoms with Crippen LogP contribution < -0.4 is 15.4 Å². The maximum absolute atomic E-state index is 5.64. The van der Waals surface area contributed by atoms with Gasteiger partial charge in [0.15, 0.2) is 0 Å². The maximum Gasteiger partial charge on any atom is 0.225 e. The van der Waals surface area contributed by atoms with Crippen molar-refractivity contribution in [3.8, 4) is 5.88 Å². The highest BCUT2D eigenvalue weighted by Gasteiger charge is 2.09. The molecule has 2 heterocycles. The number of rotatable bonds is 4. The van der Waals surface area contributed by atoms with Crippen molar-refractivity contribution in [2.45, 2.75) is 6.54 Å². The summed E-state index contributed by atoms with van der Waals surface area (Å²) in [5.74, 6) is 1.42. The minimum absolute atomic E-state index is 0.212. The Morgan fingerprint density at radius 3 is 2.83 bits per heavy atom. The second kappa shape index (κ2) is 5.53. The molecule has 2 rings (SSSR count). The van der Waals surface area contributed by atoms with Gasteiger partial charge in [-0.2, -0.15) is 9.97 Å². The van der Waals surface area contributed by atoms with E-state index in [9.17, 15) is 0 Å². The van der Waals surface area contributed by atoms with Crippen LogP contribution in [0.15, 0.2) is 22.0 Å². The molecule has 0 radical (unpaired) electrons. The number of ether oxygens (including phenoxy) is 1. The number of nitrogens with zero attached hydrogens (tertiary/aromatic N) is 3. The average molecular weight is 329 g/mol. The zero-order chi connectivity index (χ0) is 13.1. The third kappa shape index (κ3) is 3.11. The summed E-state index contributed by atoms with van der Waals surface area (Å²) in [7, 11) is 3.51. The van der Waals surface area contributed by atoms with E-state index in [4.69, 9.17) is 10.5 Å². The van der Waals surface area contributed by atoms with Gasteiger partial charge in [0.1, 0.15) is 5.82 Å². The minimum atomic E-state index is 0.212. The van der Waals surface area contributed by atoms with E-state index in [1.807, 2.05) is 11.9 Å². The van der Waals surface area contributed by atoms with Gasteiger partial charge in [0.2, 0.25) is 11.8 Å². The van der Waals surface area contributed by atoms with Crippen molar-refractivity contribution in [3.05, 3.63) is 26.9 Å². The van der Waals surface area contributed by atoms with Crippen LogP contribution in [0.2, 0.25) is 0 Å². The van der Waals surface area contributed by atoms with E-state index in [0.29, 0.717) is 5.88 Å². The molecular weight excluding hydrogens is 316 g/mol. The summed E-state index contributed by atoms with van der Waals surface area (Å²) in [5, 5.41) is 2.05. The van der Waals surface area contributed by atoms with Gasteiger partial charge in [0, 0.05) is 27.8 Å². The van der Waals surface area contributed by atoms with Crippen LogP contribution in [-0.4, -0.2) is 24.1 Å². The summed E-state index contributed by atoms with van der Waals surface area (Å²) in [6.45, 7) is 0.760. The summed E-state index contributed by atoms with van der Waals surface area (Å²) in [4.78, 5) is 11.4. The first kappa shape index (κ1) is 13.1. The highest BCUT2D eigenvalue weighted by atomic mass is 79.9. The van der Waals surface area contributed by atoms with Crippen molar-refractivity contribution < 1.29 is 4.74 Å². The molecule has 2 N–H and O–H groups in total. The normalized spacial score (nSPS) is 10.4. The van der Waals surface area contributed by atoms with Gasteiger partial charge in [-0.25, -0.2) is 0 Å². The first-order valence-corrected chi connectivity index (χ1v) is 6.88. The molecule has 0 saturated carbocycles. The number of hydrogen-bond donors (Lipinski definition) is 1. The first-order valence-electron chi connectivity index (χ1n) is 5.21. The average Bonchev–Trinajstić information content (AvgIpc) is 2.73. The topological polar surface area (TPSA) is 64.3 Å². The molecule has 7 heteroatoms. The lowest BCUT2D eigenvalue weighted by atomic mass is 10.4. The summed E-state index contributed by atoms with van der Waals surface area (Å²) in [6.07, 6.45) is 0. The van der Waals surface area contributed by atoms with Gasteiger partial charge < -0.3 is 15.4 Å². The molecule has 18 heavy (non-hydrogen) atoms. The Morgan fingerprint density at radius 1 is 1.44 bits per heavy atom. The number of methoxy groups -OCH3 is 1. The molecular formula is C11H13BrN4OS. The van der Waals surface area contributed by atoms with Crippen molar-refractivity contribution >= 4 is 39.0 Å². The van der Waals surface area contributed by atoms with Crippen LogP contribution in [0.5, 0.6) is 5.88 Å². The molecule has 0 aliphatic carbocycles. The molecule has 0 unspecified atom stereocenters. The van der Waals surface area contributed by atoms with Gasteiger partial charge in [-0.1, -0.05) is 0 Å². The summed E-state index contributed by atoms with van der Waals surface area (Å²) in [6, 6.07) is 3.85. The fraction of sp³-hybridized carbons (Fsp3) is 0.273. The minimum Gasteiger partial charge on any atom is -0.481 e. The van der Waals surface area contributed by atoms with E-state index in [1.54, 1.807) is 24.5 Å². The van der Waals surface area contributed by atoms with E-state index in [2.05, 4.69) is 37.3 Å². The van der Waals surface area contributed by atoms with Crippen LogP contribution in [0.1, 0.15) is 4.88 Å². The van der Waals surface area contributed by atoms with E-state index >= 15 is 0 Å². The third-order valence-electron chi connectivity index (χ3n) is 2.32. The number of nitrogens with two attached hydrogens (primary N) is 1. The Morgan fingerprint density at radius 2 is 2.22 bits per heavy atom. The lowest BCUT2D eigenvalue weighted by Crippen LogP contribution is -2.18. The zero-order valence-electron chi connectivity index (χ0n) is 10.1. The van der Waals surface area contributed by atoms with Crippen LogP contribution in [0.3, 0.4) is 0 Å². The molecule has 96 valence electrons. The predicted octanol–water partition coefficient (Wildman–Crippen LogP) is 2.53. The molecule has 0 bridgehead atoms. The molecule has 0 aliphatic heterocycles. The van der Waals surface area contributed by atoms with Crippen LogP contribution in [0, 0.1) is 0 Å². The van der Waals surface area contributed by atoms with Crippen LogP contribution >= 0.6 is 27.3 Å². The first-order chi connectivity index (χ1) is 8.58. The van der Waals surface area contributed by atoms with E-state index in [1.165, 1.54) is 4.88 Å². The van der Waals surface area contributed by atoms with Gasteiger partial charge in [0.05, 0.1) is 13.7 Å². The summed E-state index contributed by atoms with van der Waals surface area (Å²) >= 11 is 5.13. The smallest absolute Gasteiger partial charge is 0.225 e. The van der Waals surface area contributed by atoms with Crippen molar-refractivity contribution in [1.29, 1.82) is 0 Å². The monoisotopic (exact) mass is 328 g/mol. The second-order valence-electron chi connectivity index (χ2n) is 3.71. The zero-order valence-corrected chi connectivity index (χ0v) is 12.5. The predicted molar refractivity (Wildman–Crippen MR) is 77.1 cm³/mol. The SMILES string of the molecule is COc1cc(N(C)Cc2cc(Br)cs2)nc(N)n1. The second-order valence-corrected chi connectivity index (χ2v) is 5.63. The molecule has 2 aromatic rings. The molecule has 0 aromatic carbocycles. The molecule has 0 atom stereocenters. The Balaban J connectivity index is 2.17. The standard InChI is InChI=1S/C11H13BrN4OS/c1-16(5-8-3-7(12)6-18-8)9-4-10(17-2)15-11(13)14-9/h3-4,6H,5H2,1-2H3,(H2,13,14,15). The molecule has 5 nitrogen and oxygen atoms in total. The lowest BCUT2D eigenvalue weighted by Gasteiger charge is -2.17. The number of nitrogen functional groups attached to an aromatic ring is 1. The Labute approximate surface area is 118 Å². The van der Waals surface area contributed by atoms with E-state index < -0.39 is 0 Å². The van der Waals surface area contributed by atoms with E-state index in [-0.39, 0.29) is 5.95 Å². The van der Waals surface area contributed by atoms with Crippen molar-refractivity contribution in [3.63, 3.8) is 0 Å². The fourth-order valence-corrected chi connectivity index (χ4v) is 2.99. The van der Waals surface area contributed by atoms with Gasteiger partial charge in [0.25, 0.3) is 0 Å². The summed E-state index contributed by atoms with van der Waals surface area (Å²) in [5.41, 5.74) is 5.64. The molecule has 0 amide bonds. The van der Waals surface area contributed by atoms with Crippen LogP contribution in [0.25, 0.3) is 0 Å². The molecule has 0 fully saturated rings. The highest BCUT2D eigenvalue weighted by molar-refractivity contribution is 9.10. The number of thiophene rings is 1. The molecule has 0 aliphatic rings. The van der Waals surface area contributed by atoms with Crippen LogP contribution in [0.4, 0.5) is 11.8 Å². The van der Waals surface area contributed by atoms with Crippen LogP contribution in [-0.2, 0) is 6.54 Å². The summed E-state index contributed by atoms with van der Waals surface area (Å²) < 4.78 is 6.17. The Bertz CT molecular complexity index is 546.